The van der Waals surface area contributed by atoms with E-state index in [1.807, 2.05) is 32.0 Å². The molecule has 1 aromatic heterocycles. The third kappa shape index (κ3) is 3.82. The van der Waals surface area contributed by atoms with Crippen LogP contribution in [0, 0.1) is 13.8 Å². The predicted molar refractivity (Wildman–Crippen MR) is 101 cm³/mol. The van der Waals surface area contributed by atoms with Crippen LogP contribution in [0.2, 0.25) is 0 Å². The highest BCUT2D eigenvalue weighted by atomic mass is 16.5. The Kier molecular flexibility index (Phi) is 5.16. The Morgan fingerprint density at radius 3 is 2.42 bits per heavy atom. The molecule has 3 rings (SSSR count). The summed E-state index contributed by atoms with van der Waals surface area (Å²) in [5.74, 6) is 0.673. The van der Waals surface area contributed by atoms with E-state index in [1.165, 1.54) is 0 Å². The fourth-order valence-electron chi connectivity index (χ4n) is 2.95. The number of nitrogens with zero attached hydrogens (tertiary/aromatic N) is 3. The second-order valence-electron chi connectivity index (χ2n) is 6.37. The molecule has 26 heavy (non-hydrogen) atoms. The van der Waals surface area contributed by atoms with E-state index < -0.39 is 0 Å². The Balaban J connectivity index is 1.62. The number of urea groups is 1. The molecule has 2 heterocycles. The van der Waals surface area contributed by atoms with Crippen LogP contribution < -0.4 is 15.0 Å². The Bertz CT molecular complexity index is 784. The number of rotatable bonds is 3. The molecule has 0 radical (unpaired) electrons. The van der Waals surface area contributed by atoms with Gasteiger partial charge in [0.15, 0.2) is 0 Å². The lowest BCUT2D eigenvalue weighted by Gasteiger charge is -2.36. The van der Waals surface area contributed by atoms with Gasteiger partial charge >= 0.3 is 6.03 Å². The minimum atomic E-state index is -0.154. The number of aromatic hydroxyl groups is 1. The van der Waals surface area contributed by atoms with Crippen molar-refractivity contribution >= 4 is 17.4 Å². The van der Waals surface area contributed by atoms with Crippen molar-refractivity contribution in [3.8, 4) is 11.6 Å². The molecule has 0 atom stereocenters. The highest BCUT2D eigenvalue weighted by molar-refractivity contribution is 5.91. The van der Waals surface area contributed by atoms with Crippen LogP contribution in [-0.4, -0.2) is 54.3 Å². The molecule has 0 spiro atoms. The number of piperazine rings is 1. The normalized spacial score (nSPS) is 14.3. The van der Waals surface area contributed by atoms with E-state index in [0.29, 0.717) is 24.7 Å². The SMILES string of the molecule is COc1nc(C)c(C)cc1NC(=O)N1CCN(c2ccc(O)cc2)CC1. The molecule has 0 saturated carbocycles. The zero-order valence-electron chi connectivity index (χ0n) is 15.3. The minimum absolute atomic E-state index is 0.154. The number of hydrogen-bond donors (Lipinski definition) is 2. The summed E-state index contributed by atoms with van der Waals surface area (Å²) in [6.07, 6.45) is 0. The number of aryl methyl sites for hydroxylation is 2. The van der Waals surface area contributed by atoms with Gasteiger partial charge in [-0.2, -0.15) is 0 Å². The van der Waals surface area contributed by atoms with E-state index in [2.05, 4.69) is 15.2 Å². The van der Waals surface area contributed by atoms with Gasteiger partial charge in [-0.3, -0.25) is 0 Å². The largest absolute Gasteiger partial charge is 0.508 e. The lowest BCUT2D eigenvalue weighted by molar-refractivity contribution is 0.208. The number of carbonyl (C=O) groups is 1. The maximum Gasteiger partial charge on any atom is 0.322 e. The van der Waals surface area contributed by atoms with E-state index >= 15 is 0 Å². The van der Waals surface area contributed by atoms with E-state index in [0.717, 1.165) is 30.0 Å². The van der Waals surface area contributed by atoms with Crippen molar-refractivity contribution in [2.45, 2.75) is 13.8 Å². The summed E-state index contributed by atoms with van der Waals surface area (Å²) in [5.41, 5.74) is 3.50. The molecule has 2 N–H and O–H groups in total. The van der Waals surface area contributed by atoms with E-state index in [9.17, 15) is 9.90 Å². The molecule has 0 aliphatic carbocycles. The van der Waals surface area contributed by atoms with Gasteiger partial charge in [-0.1, -0.05) is 0 Å². The summed E-state index contributed by atoms with van der Waals surface area (Å²) in [4.78, 5) is 20.9. The molecule has 1 fully saturated rings. The number of pyridine rings is 1. The van der Waals surface area contributed by atoms with Crippen molar-refractivity contribution in [2.24, 2.45) is 0 Å². The van der Waals surface area contributed by atoms with Crippen LogP contribution in [0.25, 0.3) is 0 Å². The Labute approximate surface area is 153 Å². The van der Waals surface area contributed by atoms with Crippen LogP contribution in [0.15, 0.2) is 30.3 Å². The number of phenols is 1. The Hall–Kier alpha value is -2.96. The second-order valence-corrected chi connectivity index (χ2v) is 6.37. The molecule has 1 saturated heterocycles. The number of hydrogen-bond acceptors (Lipinski definition) is 5. The molecular weight excluding hydrogens is 332 g/mol. The van der Waals surface area contributed by atoms with Gasteiger partial charge in [0.2, 0.25) is 5.88 Å². The molecule has 2 amide bonds. The Morgan fingerprint density at radius 2 is 1.81 bits per heavy atom. The summed E-state index contributed by atoms with van der Waals surface area (Å²) in [6, 6.07) is 8.85. The second kappa shape index (κ2) is 7.51. The maximum atomic E-state index is 12.6. The van der Waals surface area contributed by atoms with Crippen LogP contribution in [0.1, 0.15) is 11.3 Å². The van der Waals surface area contributed by atoms with Crippen molar-refractivity contribution in [1.82, 2.24) is 9.88 Å². The van der Waals surface area contributed by atoms with Crippen LogP contribution in [0.4, 0.5) is 16.2 Å². The maximum absolute atomic E-state index is 12.6. The first-order valence-corrected chi connectivity index (χ1v) is 8.60. The fourth-order valence-corrected chi connectivity index (χ4v) is 2.95. The average molecular weight is 356 g/mol. The topological polar surface area (TPSA) is 77.9 Å². The molecule has 2 aromatic rings. The number of amides is 2. The van der Waals surface area contributed by atoms with Gasteiger partial charge in [-0.25, -0.2) is 9.78 Å². The molecule has 7 heteroatoms. The zero-order valence-corrected chi connectivity index (χ0v) is 15.3. The van der Waals surface area contributed by atoms with Gasteiger partial charge in [-0.15, -0.1) is 0 Å². The van der Waals surface area contributed by atoms with Gasteiger partial charge in [0.25, 0.3) is 0 Å². The van der Waals surface area contributed by atoms with Crippen LogP contribution >= 0.6 is 0 Å². The number of benzene rings is 1. The quantitative estimate of drug-likeness (QED) is 0.884. The minimum Gasteiger partial charge on any atom is -0.508 e. The molecule has 0 bridgehead atoms. The van der Waals surface area contributed by atoms with Crippen molar-refractivity contribution in [3.05, 3.63) is 41.6 Å². The molecule has 0 unspecified atom stereocenters. The van der Waals surface area contributed by atoms with Crippen molar-refractivity contribution in [3.63, 3.8) is 0 Å². The number of aromatic nitrogens is 1. The van der Waals surface area contributed by atoms with Crippen LogP contribution in [0.3, 0.4) is 0 Å². The van der Waals surface area contributed by atoms with Gasteiger partial charge in [0.05, 0.1) is 7.11 Å². The first-order valence-electron chi connectivity index (χ1n) is 8.60. The van der Waals surface area contributed by atoms with Gasteiger partial charge in [0, 0.05) is 37.6 Å². The van der Waals surface area contributed by atoms with Crippen molar-refractivity contribution < 1.29 is 14.6 Å². The number of nitrogens with one attached hydrogen (secondary N) is 1. The van der Waals surface area contributed by atoms with Gasteiger partial charge in [0.1, 0.15) is 11.4 Å². The van der Waals surface area contributed by atoms with E-state index in [4.69, 9.17) is 4.74 Å². The summed E-state index contributed by atoms with van der Waals surface area (Å²) in [7, 11) is 1.54. The zero-order chi connectivity index (χ0) is 18.7. The molecule has 138 valence electrons. The fraction of sp³-hybridized carbons (Fsp3) is 0.368. The van der Waals surface area contributed by atoms with Crippen molar-refractivity contribution in [1.29, 1.82) is 0 Å². The highest BCUT2D eigenvalue weighted by Crippen LogP contribution is 2.25. The molecule has 1 aliphatic heterocycles. The van der Waals surface area contributed by atoms with Crippen LogP contribution in [-0.2, 0) is 0 Å². The summed E-state index contributed by atoms with van der Waals surface area (Å²) in [6.45, 7) is 6.57. The lowest BCUT2D eigenvalue weighted by Crippen LogP contribution is -2.50. The third-order valence-corrected chi connectivity index (χ3v) is 4.65. The first kappa shape index (κ1) is 17.8. The standard InChI is InChI=1S/C19H24N4O3/c1-13-12-17(18(26-3)20-14(13)2)21-19(25)23-10-8-22(9-11-23)15-4-6-16(24)7-5-15/h4-7,12,24H,8-11H2,1-3H3,(H,21,25). The summed E-state index contributed by atoms with van der Waals surface area (Å²) in [5, 5.41) is 12.3. The molecule has 1 aromatic carbocycles. The number of anilines is 2. The molecule has 1 aliphatic rings. The van der Waals surface area contributed by atoms with Gasteiger partial charge < -0.3 is 25.0 Å². The third-order valence-electron chi connectivity index (χ3n) is 4.65. The monoisotopic (exact) mass is 356 g/mol. The highest BCUT2D eigenvalue weighted by Gasteiger charge is 2.22. The first-order chi connectivity index (χ1) is 12.5. The Morgan fingerprint density at radius 1 is 1.15 bits per heavy atom. The number of carbonyl (C=O) groups excluding carboxylic acids is 1. The average Bonchev–Trinajstić information content (AvgIpc) is 2.65. The molecule has 7 nitrogen and oxygen atoms in total. The summed E-state index contributed by atoms with van der Waals surface area (Å²) < 4.78 is 5.28. The van der Waals surface area contributed by atoms with Gasteiger partial charge in [-0.05, 0) is 49.7 Å². The van der Waals surface area contributed by atoms with Crippen molar-refractivity contribution in [2.75, 3.05) is 43.5 Å². The number of methoxy groups -OCH3 is 1. The summed E-state index contributed by atoms with van der Waals surface area (Å²) >= 11 is 0. The van der Waals surface area contributed by atoms with E-state index in [1.54, 1.807) is 24.1 Å². The molecular formula is C19H24N4O3. The lowest BCUT2D eigenvalue weighted by atomic mass is 10.2. The predicted octanol–water partition coefficient (Wildman–Crippen LogP) is 2.77. The van der Waals surface area contributed by atoms with Crippen LogP contribution in [0.5, 0.6) is 11.6 Å². The van der Waals surface area contributed by atoms with E-state index in [-0.39, 0.29) is 11.8 Å². The number of phenolic OH excluding ortho intramolecular Hbond substituents is 1. The number of ether oxygens (including phenoxy) is 1. The smallest absolute Gasteiger partial charge is 0.322 e.